The van der Waals surface area contributed by atoms with Gasteiger partial charge in [0.1, 0.15) is 0 Å². The topological polar surface area (TPSA) is 77.8 Å². The van der Waals surface area contributed by atoms with Crippen LogP contribution in [0.3, 0.4) is 0 Å². The van der Waals surface area contributed by atoms with Gasteiger partial charge in [-0.2, -0.15) is 0 Å². The second-order valence-electron chi connectivity index (χ2n) is 4.08. The van der Waals surface area contributed by atoms with Crippen molar-refractivity contribution in [3.8, 4) is 0 Å². The van der Waals surface area contributed by atoms with Gasteiger partial charge in [-0.15, -0.1) is 0 Å². The van der Waals surface area contributed by atoms with Gasteiger partial charge in [0, 0.05) is 19.6 Å². The molecule has 14 heavy (non-hydrogen) atoms. The lowest BCUT2D eigenvalue weighted by molar-refractivity contribution is -0.140. The Balaban J connectivity index is 2.62. The van der Waals surface area contributed by atoms with Crippen molar-refractivity contribution >= 4 is 5.97 Å². The minimum Gasteiger partial charge on any atom is -0.481 e. The van der Waals surface area contributed by atoms with Crippen LogP contribution < -0.4 is 0 Å². The highest BCUT2D eigenvalue weighted by Gasteiger charge is 2.33. The highest BCUT2D eigenvalue weighted by Crippen LogP contribution is 2.36. The predicted octanol–water partition coefficient (Wildman–Crippen LogP) is 0.478. The number of rotatable bonds is 4. The molecule has 0 saturated heterocycles. The average molecular weight is 202 g/mol. The molecule has 0 heterocycles. The zero-order valence-electron chi connectivity index (χ0n) is 8.22. The lowest BCUT2D eigenvalue weighted by atomic mass is 9.71. The fraction of sp³-hybridized carbons (Fsp3) is 0.900. The first-order chi connectivity index (χ1) is 6.69. The van der Waals surface area contributed by atoms with Crippen LogP contribution in [-0.2, 0) is 4.79 Å². The van der Waals surface area contributed by atoms with E-state index in [-0.39, 0.29) is 37.4 Å². The van der Waals surface area contributed by atoms with Crippen LogP contribution in [0, 0.1) is 17.8 Å². The minimum atomic E-state index is -0.839. The molecule has 0 amide bonds. The second kappa shape index (κ2) is 5.32. The number of carboxylic acid groups (broad SMARTS) is 1. The summed E-state index contributed by atoms with van der Waals surface area (Å²) in [4.78, 5) is 10.6. The number of hydrogen-bond acceptors (Lipinski definition) is 3. The Labute approximate surface area is 83.6 Å². The van der Waals surface area contributed by atoms with Crippen molar-refractivity contribution in [2.75, 3.05) is 13.2 Å². The first-order valence-electron chi connectivity index (χ1n) is 5.12. The summed E-state index contributed by atoms with van der Waals surface area (Å²) in [6.07, 6.45) is 2.80. The van der Waals surface area contributed by atoms with Crippen LogP contribution in [0.5, 0.6) is 0 Å². The summed E-state index contributed by atoms with van der Waals surface area (Å²) in [6.45, 7) is 0.0723. The fourth-order valence-corrected chi connectivity index (χ4v) is 2.44. The van der Waals surface area contributed by atoms with E-state index in [1.54, 1.807) is 0 Å². The zero-order valence-corrected chi connectivity index (χ0v) is 8.22. The SMILES string of the molecule is O=C(O)CC1C(CO)CCCC1CO. The van der Waals surface area contributed by atoms with Crippen molar-refractivity contribution in [2.45, 2.75) is 25.7 Å². The van der Waals surface area contributed by atoms with Crippen molar-refractivity contribution in [1.82, 2.24) is 0 Å². The molecule has 0 radical (unpaired) electrons. The number of aliphatic carboxylic acids is 1. The Morgan fingerprint density at radius 3 is 2.00 bits per heavy atom. The molecular formula is C10H18O4. The van der Waals surface area contributed by atoms with E-state index in [4.69, 9.17) is 15.3 Å². The smallest absolute Gasteiger partial charge is 0.303 e. The summed E-state index contributed by atoms with van der Waals surface area (Å²) in [7, 11) is 0. The molecule has 4 nitrogen and oxygen atoms in total. The van der Waals surface area contributed by atoms with E-state index < -0.39 is 5.97 Å². The van der Waals surface area contributed by atoms with Crippen LogP contribution in [0.2, 0.25) is 0 Å². The Morgan fingerprint density at radius 2 is 1.64 bits per heavy atom. The third-order valence-corrected chi connectivity index (χ3v) is 3.24. The first kappa shape index (κ1) is 11.5. The molecule has 0 aromatic rings. The van der Waals surface area contributed by atoms with E-state index in [1.165, 1.54) is 0 Å². The van der Waals surface area contributed by atoms with E-state index >= 15 is 0 Å². The summed E-state index contributed by atoms with van der Waals surface area (Å²) < 4.78 is 0. The third-order valence-electron chi connectivity index (χ3n) is 3.24. The normalized spacial score (nSPS) is 32.9. The quantitative estimate of drug-likeness (QED) is 0.619. The molecule has 82 valence electrons. The molecule has 0 spiro atoms. The molecule has 2 atom stereocenters. The van der Waals surface area contributed by atoms with E-state index in [9.17, 15) is 4.79 Å². The Bertz CT molecular complexity index is 181. The number of aliphatic hydroxyl groups excluding tert-OH is 2. The summed E-state index contributed by atoms with van der Waals surface area (Å²) in [5.41, 5.74) is 0. The molecule has 4 heteroatoms. The molecule has 0 aliphatic heterocycles. The summed E-state index contributed by atoms with van der Waals surface area (Å²) in [5, 5.41) is 27.0. The van der Waals surface area contributed by atoms with Gasteiger partial charge < -0.3 is 15.3 Å². The molecule has 2 unspecified atom stereocenters. The molecule has 1 fully saturated rings. The van der Waals surface area contributed by atoms with Gasteiger partial charge in [-0.3, -0.25) is 4.79 Å². The standard InChI is InChI=1S/C10H18O4/c11-5-7-2-1-3-8(6-12)9(7)4-10(13)14/h7-9,11-12H,1-6H2,(H,13,14). The minimum absolute atomic E-state index is 0.0362. The van der Waals surface area contributed by atoms with Crippen molar-refractivity contribution < 1.29 is 20.1 Å². The van der Waals surface area contributed by atoms with E-state index in [1.807, 2.05) is 0 Å². The van der Waals surface area contributed by atoms with Crippen molar-refractivity contribution in [3.05, 3.63) is 0 Å². The summed E-state index contributed by atoms with van der Waals surface area (Å²) in [6, 6.07) is 0. The molecule has 1 aliphatic rings. The van der Waals surface area contributed by atoms with Gasteiger partial charge in [-0.1, -0.05) is 6.42 Å². The van der Waals surface area contributed by atoms with Gasteiger partial charge in [0.15, 0.2) is 0 Å². The molecule has 0 bridgehead atoms. The summed E-state index contributed by atoms with van der Waals surface area (Å²) >= 11 is 0. The van der Waals surface area contributed by atoms with Crippen LogP contribution >= 0.6 is 0 Å². The van der Waals surface area contributed by atoms with Crippen molar-refractivity contribution in [1.29, 1.82) is 0 Å². The van der Waals surface area contributed by atoms with E-state index in [2.05, 4.69) is 0 Å². The number of hydrogen-bond donors (Lipinski definition) is 3. The van der Waals surface area contributed by atoms with Crippen LogP contribution in [0.4, 0.5) is 0 Å². The number of carboxylic acids is 1. The maximum atomic E-state index is 10.6. The second-order valence-corrected chi connectivity index (χ2v) is 4.08. The number of aliphatic hydroxyl groups is 2. The fourth-order valence-electron chi connectivity index (χ4n) is 2.44. The van der Waals surface area contributed by atoms with Crippen LogP contribution in [0.25, 0.3) is 0 Å². The summed E-state index contributed by atoms with van der Waals surface area (Å²) in [5.74, 6) is -0.793. The van der Waals surface area contributed by atoms with Gasteiger partial charge in [0.05, 0.1) is 0 Å². The maximum Gasteiger partial charge on any atom is 0.303 e. The Morgan fingerprint density at radius 1 is 1.14 bits per heavy atom. The highest BCUT2D eigenvalue weighted by atomic mass is 16.4. The lowest BCUT2D eigenvalue weighted by Gasteiger charge is -2.35. The highest BCUT2D eigenvalue weighted by molar-refractivity contribution is 5.67. The Hall–Kier alpha value is -0.610. The number of carbonyl (C=O) groups is 1. The first-order valence-corrected chi connectivity index (χ1v) is 5.12. The van der Waals surface area contributed by atoms with E-state index in [0.29, 0.717) is 0 Å². The largest absolute Gasteiger partial charge is 0.481 e. The third kappa shape index (κ3) is 2.69. The molecule has 0 aromatic heterocycles. The monoisotopic (exact) mass is 202 g/mol. The van der Waals surface area contributed by atoms with Crippen molar-refractivity contribution in [2.24, 2.45) is 17.8 Å². The predicted molar refractivity (Wildman–Crippen MR) is 50.7 cm³/mol. The molecule has 1 aliphatic carbocycles. The van der Waals surface area contributed by atoms with Gasteiger partial charge in [-0.25, -0.2) is 0 Å². The maximum absolute atomic E-state index is 10.6. The van der Waals surface area contributed by atoms with Gasteiger partial charge in [0.25, 0.3) is 0 Å². The zero-order chi connectivity index (χ0) is 10.6. The van der Waals surface area contributed by atoms with Gasteiger partial charge in [0.2, 0.25) is 0 Å². The molecule has 3 N–H and O–H groups in total. The van der Waals surface area contributed by atoms with Crippen molar-refractivity contribution in [3.63, 3.8) is 0 Å². The molecule has 1 rings (SSSR count). The van der Waals surface area contributed by atoms with E-state index in [0.717, 1.165) is 19.3 Å². The van der Waals surface area contributed by atoms with Crippen LogP contribution in [0.1, 0.15) is 25.7 Å². The Kier molecular flexibility index (Phi) is 4.35. The molecular weight excluding hydrogens is 184 g/mol. The molecule has 0 aromatic carbocycles. The van der Waals surface area contributed by atoms with Crippen LogP contribution in [-0.4, -0.2) is 34.5 Å². The lowest BCUT2D eigenvalue weighted by Crippen LogP contribution is -2.34. The molecule has 1 saturated carbocycles. The van der Waals surface area contributed by atoms with Gasteiger partial charge in [-0.05, 0) is 30.6 Å². The average Bonchev–Trinajstić information content (AvgIpc) is 2.17. The van der Waals surface area contributed by atoms with Gasteiger partial charge >= 0.3 is 5.97 Å². The van der Waals surface area contributed by atoms with Crippen LogP contribution in [0.15, 0.2) is 0 Å².